The molecule has 0 bridgehead atoms. The third-order valence-electron chi connectivity index (χ3n) is 3.81. The third kappa shape index (κ3) is 3.71. The number of carbonyl (C=O) groups excluding carboxylic acids is 1. The highest BCUT2D eigenvalue weighted by Gasteiger charge is 2.32. The van der Waals surface area contributed by atoms with Crippen molar-refractivity contribution in [2.75, 3.05) is 24.1 Å². The van der Waals surface area contributed by atoms with E-state index in [0.29, 0.717) is 12.2 Å². The Labute approximate surface area is 119 Å². The molecule has 0 radical (unpaired) electrons. The number of hydrogen-bond donors (Lipinski definition) is 3. The van der Waals surface area contributed by atoms with Gasteiger partial charge < -0.3 is 16.2 Å². The van der Waals surface area contributed by atoms with Crippen LogP contribution >= 0.6 is 0 Å². The fourth-order valence-corrected chi connectivity index (χ4v) is 2.57. The highest BCUT2D eigenvalue weighted by Crippen LogP contribution is 2.22. The number of carbonyl (C=O) groups is 1. The maximum Gasteiger partial charge on any atom is 0.241 e. The predicted molar refractivity (Wildman–Crippen MR) is 80.4 cm³/mol. The van der Waals surface area contributed by atoms with Crippen LogP contribution in [0.5, 0.6) is 0 Å². The van der Waals surface area contributed by atoms with Gasteiger partial charge in [-0.15, -0.1) is 0 Å². The third-order valence-corrected chi connectivity index (χ3v) is 3.81. The standard InChI is InChI=1S/C15H23N3O2/c1-11(18-9-3-8-15(2,20)10-18)14(19)17-13-6-4-12(16)5-7-13/h4-7,11,20H,3,8-10,16H2,1-2H3,(H,17,19). The van der Waals surface area contributed by atoms with Crippen molar-refractivity contribution in [3.8, 4) is 0 Å². The predicted octanol–water partition coefficient (Wildman–Crippen LogP) is 1.44. The molecule has 110 valence electrons. The van der Waals surface area contributed by atoms with Crippen molar-refractivity contribution in [1.29, 1.82) is 0 Å². The molecule has 5 heteroatoms. The first-order chi connectivity index (χ1) is 9.37. The zero-order chi connectivity index (χ0) is 14.8. The topological polar surface area (TPSA) is 78.6 Å². The molecular weight excluding hydrogens is 254 g/mol. The van der Waals surface area contributed by atoms with Crippen LogP contribution in [0.3, 0.4) is 0 Å². The Balaban J connectivity index is 1.96. The molecule has 1 aromatic rings. The number of anilines is 2. The number of piperidine rings is 1. The van der Waals surface area contributed by atoms with Gasteiger partial charge in [0.15, 0.2) is 0 Å². The largest absolute Gasteiger partial charge is 0.399 e. The van der Waals surface area contributed by atoms with Crippen molar-refractivity contribution in [1.82, 2.24) is 4.90 Å². The van der Waals surface area contributed by atoms with E-state index in [1.54, 1.807) is 24.3 Å². The summed E-state index contributed by atoms with van der Waals surface area (Å²) in [5, 5.41) is 13.0. The van der Waals surface area contributed by atoms with E-state index in [0.717, 1.165) is 25.1 Å². The summed E-state index contributed by atoms with van der Waals surface area (Å²) in [5.74, 6) is -0.0625. The Morgan fingerprint density at radius 3 is 2.70 bits per heavy atom. The second-order valence-corrected chi connectivity index (χ2v) is 5.86. The van der Waals surface area contributed by atoms with Crippen LogP contribution in [0, 0.1) is 0 Å². The average molecular weight is 277 g/mol. The van der Waals surface area contributed by atoms with Gasteiger partial charge >= 0.3 is 0 Å². The molecule has 2 atom stereocenters. The van der Waals surface area contributed by atoms with Crippen LogP contribution in [0.2, 0.25) is 0 Å². The van der Waals surface area contributed by atoms with E-state index < -0.39 is 5.60 Å². The summed E-state index contributed by atoms with van der Waals surface area (Å²) in [5.41, 5.74) is 6.32. The van der Waals surface area contributed by atoms with Gasteiger partial charge in [0.05, 0.1) is 11.6 Å². The normalized spacial score (nSPS) is 25.1. The lowest BCUT2D eigenvalue weighted by atomic mass is 9.94. The maximum absolute atomic E-state index is 12.2. The molecule has 1 heterocycles. The Kier molecular flexibility index (Phi) is 4.30. The van der Waals surface area contributed by atoms with Crippen LogP contribution in [0.1, 0.15) is 26.7 Å². The first-order valence-corrected chi connectivity index (χ1v) is 7.00. The maximum atomic E-state index is 12.2. The van der Waals surface area contributed by atoms with Crippen LogP contribution in [0.15, 0.2) is 24.3 Å². The molecule has 1 saturated heterocycles. The van der Waals surface area contributed by atoms with E-state index in [-0.39, 0.29) is 11.9 Å². The second-order valence-electron chi connectivity index (χ2n) is 5.86. The van der Waals surface area contributed by atoms with E-state index in [1.165, 1.54) is 0 Å². The van der Waals surface area contributed by atoms with E-state index in [4.69, 9.17) is 5.73 Å². The monoisotopic (exact) mass is 277 g/mol. The van der Waals surface area contributed by atoms with E-state index >= 15 is 0 Å². The van der Waals surface area contributed by atoms with Crippen LogP contribution in [0.4, 0.5) is 11.4 Å². The number of amides is 1. The Bertz CT molecular complexity index is 471. The first-order valence-electron chi connectivity index (χ1n) is 7.00. The molecule has 0 spiro atoms. The summed E-state index contributed by atoms with van der Waals surface area (Å²) in [7, 11) is 0. The number of nitrogen functional groups attached to an aromatic ring is 1. The Hall–Kier alpha value is -1.59. The molecule has 2 rings (SSSR count). The molecule has 2 unspecified atom stereocenters. The molecule has 20 heavy (non-hydrogen) atoms. The summed E-state index contributed by atoms with van der Waals surface area (Å²) in [4.78, 5) is 14.3. The number of hydrogen-bond acceptors (Lipinski definition) is 4. The molecule has 1 aromatic carbocycles. The number of nitrogens with zero attached hydrogens (tertiary/aromatic N) is 1. The number of nitrogens with two attached hydrogens (primary N) is 1. The van der Waals surface area contributed by atoms with E-state index in [1.807, 2.05) is 18.7 Å². The first kappa shape index (κ1) is 14.8. The summed E-state index contributed by atoms with van der Waals surface area (Å²) < 4.78 is 0. The number of β-amino-alcohol motifs (C(OH)–C–C–N with tert-alkyl or cyclic N) is 1. The lowest BCUT2D eigenvalue weighted by molar-refractivity contribution is -0.123. The minimum Gasteiger partial charge on any atom is -0.399 e. The van der Waals surface area contributed by atoms with Gasteiger partial charge in [-0.2, -0.15) is 0 Å². The molecule has 1 aliphatic heterocycles. The molecule has 0 aliphatic carbocycles. The van der Waals surface area contributed by atoms with Gasteiger partial charge in [-0.3, -0.25) is 9.69 Å². The summed E-state index contributed by atoms with van der Waals surface area (Å²) in [6, 6.07) is 6.82. The zero-order valence-electron chi connectivity index (χ0n) is 12.1. The molecule has 0 saturated carbocycles. The van der Waals surface area contributed by atoms with Gasteiger partial charge in [-0.25, -0.2) is 0 Å². The van der Waals surface area contributed by atoms with Gasteiger partial charge in [0, 0.05) is 17.9 Å². The zero-order valence-corrected chi connectivity index (χ0v) is 12.1. The number of benzene rings is 1. The van der Waals surface area contributed by atoms with Crippen LogP contribution in [-0.2, 0) is 4.79 Å². The second kappa shape index (κ2) is 5.81. The average Bonchev–Trinajstić information content (AvgIpc) is 2.39. The van der Waals surface area contributed by atoms with Crippen molar-refractivity contribution in [3.05, 3.63) is 24.3 Å². The molecule has 1 aliphatic rings. The number of likely N-dealkylation sites (tertiary alicyclic amines) is 1. The fraction of sp³-hybridized carbons (Fsp3) is 0.533. The number of aliphatic hydroxyl groups is 1. The van der Waals surface area contributed by atoms with Gasteiger partial charge in [-0.1, -0.05) is 0 Å². The lowest BCUT2D eigenvalue weighted by Gasteiger charge is -2.39. The van der Waals surface area contributed by atoms with Gasteiger partial charge in [0.2, 0.25) is 5.91 Å². The van der Waals surface area contributed by atoms with Crippen molar-refractivity contribution >= 4 is 17.3 Å². The Morgan fingerprint density at radius 2 is 2.10 bits per heavy atom. The molecule has 1 fully saturated rings. The highest BCUT2D eigenvalue weighted by molar-refractivity contribution is 5.94. The quantitative estimate of drug-likeness (QED) is 0.731. The van der Waals surface area contributed by atoms with Crippen LogP contribution in [-0.4, -0.2) is 40.6 Å². The lowest BCUT2D eigenvalue weighted by Crippen LogP contribution is -2.52. The molecule has 4 N–H and O–H groups in total. The molecule has 5 nitrogen and oxygen atoms in total. The molecular formula is C15H23N3O2. The van der Waals surface area contributed by atoms with E-state index in [9.17, 15) is 9.90 Å². The van der Waals surface area contributed by atoms with E-state index in [2.05, 4.69) is 5.32 Å². The van der Waals surface area contributed by atoms with Crippen molar-refractivity contribution in [2.24, 2.45) is 0 Å². The Morgan fingerprint density at radius 1 is 1.45 bits per heavy atom. The number of nitrogens with one attached hydrogen (secondary N) is 1. The fourth-order valence-electron chi connectivity index (χ4n) is 2.57. The van der Waals surface area contributed by atoms with Crippen molar-refractivity contribution < 1.29 is 9.90 Å². The van der Waals surface area contributed by atoms with Crippen molar-refractivity contribution in [2.45, 2.75) is 38.3 Å². The van der Waals surface area contributed by atoms with Crippen LogP contribution in [0.25, 0.3) is 0 Å². The molecule has 0 aromatic heterocycles. The SMILES string of the molecule is CC(C(=O)Nc1ccc(N)cc1)N1CCCC(C)(O)C1. The summed E-state index contributed by atoms with van der Waals surface area (Å²) in [6.45, 7) is 5.06. The van der Waals surface area contributed by atoms with Gasteiger partial charge in [0.25, 0.3) is 0 Å². The minimum absolute atomic E-state index is 0.0625. The van der Waals surface area contributed by atoms with Gasteiger partial charge in [-0.05, 0) is 57.5 Å². The summed E-state index contributed by atoms with van der Waals surface area (Å²) >= 11 is 0. The number of rotatable bonds is 3. The van der Waals surface area contributed by atoms with Crippen LogP contribution < -0.4 is 11.1 Å². The van der Waals surface area contributed by atoms with Crippen molar-refractivity contribution in [3.63, 3.8) is 0 Å². The minimum atomic E-state index is -0.700. The highest BCUT2D eigenvalue weighted by atomic mass is 16.3. The van der Waals surface area contributed by atoms with Gasteiger partial charge in [0.1, 0.15) is 0 Å². The summed E-state index contributed by atoms with van der Waals surface area (Å²) in [6.07, 6.45) is 1.70. The smallest absolute Gasteiger partial charge is 0.241 e. The molecule has 1 amide bonds.